The maximum absolute atomic E-state index is 12.2. The van der Waals surface area contributed by atoms with Crippen LogP contribution in [-0.4, -0.2) is 40.4 Å². The molecular formula is C17H20N2O4. The van der Waals surface area contributed by atoms with Gasteiger partial charge in [-0.2, -0.15) is 0 Å². The van der Waals surface area contributed by atoms with Crippen molar-refractivity contribution in [3.05, 3.63) is 29.3 Å². The van der Waals surface area contributed by atoms with Crippen molar-refractivity contribution >= 4 is 23.5 Å². The number of benzene rings is 1. The predicted molar refractivity (Wildman–Crippen MR) is 84.1 cm³/mol. The molecule has 2 N–H and O–H groups in total. The monoisotopic (exact) mass is 316 g/mol. The third-order valence-electron chi connectivity index (χ3n) is 4.51. The normalized spacial score (nSPS) is 19.6. The molecule has 2 aliphatic rings. The highest BCUT2D eigenvalue weighted by molar-refractivity contribution is 5.99. The van der Waals surface area contributed by atoms with Crippen LogP contribution in [0.3, 0.4) is 0 Å². The summed E-state index contributed by atoms with van der Waals surface area (Å²) in [6.45, 7) is 0.544. The number of hydrogen-bond donors (Lipinski definition) is 2. The van der Waals surface area contributed by atoms with Gasteiger partial charge in [-0.05, 0) is 42.9 Å². The average Bonchev–Trinajstić information content (AvgIpc) is 3.11. The number of aliphatic carboxylic acids is 1. The molecule has 1 aromatic carbocycles. The fraction of sp³-hybridized carbons (Fsp3) is 0.471. The number of carbonyl (C=O) groups excluding carboxylic acids is 2. The summed E-state index contributed by atoms with van der Waals surface area (Å²) < 4.78 is 0. The molecule has 2 amide bonds. The largest absolute Gasteiger partial charge is 0.480 e. The summed E-state index contributed by atoms with van der Waals surface area (Å²) in [5, 5.41) is 11.9. The molecule has 0 radical (unpaired) electrons. The summed E-state index contributed by atoms with van der Waals surface area (Å²) in [5.41, 5.74) is 2.98. The van der Waals surface area contributed by atoms with Gasteiger partial charge in [0.2, 0.25) is 11.8 Å². The Bertz CT molecular complexity index is 656. The van der Waals surface area contributed by atoms with Crippen LogP contribution < -0.4 is 5.32 Å². The Kier molecular flexibility index (Phi) is 4.32. The molecule has 6 nitrogen and oxygen atoms in total. The average molecular weight is 316 g/mol. The maximum atomic E-state index is 12.2. The van der Waals surface area contributed by atoms with Crippen molar-refractivity contribution in [2.45, 2.75) is 44.6 Å². The Morgan fingerprint density at radius 2 is 2.17 bits per heavy atom. The number of amides is 2. The lowest BCUT2D eigenvalue weighted by Crippen LogP contribution is -2.40. The first-order valence-corrected chi connectivity index (χ1v) is 7.98. The van der Waals surface area contributed by atoms with Crippen molar-refractivity contribution in [2.75, 3.05) is 11.9 Å². The predicted octanol–water partition coefficient (Wildman–Crippen LogP) is 1.58. The second kappa shape index (κ2) is 6.40. The lowest BCUT2D eigenvalue weighted by atomic mass is 10.0. The van der Waals surface area contributed by atoms with Gasteiger partial charge >= 0.3 is 5.97 Å². The van der Waals surface area contributed by atoms with Crippen LogP contribution in [-0.2, 0) is 27.2 Å². The van der Waals surface area contributed by atoms with E-state index in [1.54, 1.807) is 0 Å². The highest BCUT2D eigenvalue weighted by Crippen LogP contribution is 2.25. The summed E-state index contributed by atoms with van der Waals surface area (Å²) >= 11 is 0. The van der Waals surface area contributed by atoms with E-state index in [1.165, 1.54) is 4.90 Å². The molecule has 23 heavy (non-hydrogen) atoms. The fourth-order valence-corrected chi connectivity index (χ4v) is 3.35. The van der Waals surface area contributed by atoms with E-state index >= 15 is 0 Å². The fourth-order valence-electron chi connectivity index (χ4n) is 3.35. The molecule has 1 aromatic rings. The first-order valence-electron chi connectivity index (χ1n) is 7.98. The minimum Gasteiger partial charge on any atom is -0.480 e. The number of fused-ring (bicyclic) bond motifs is 1. The van der Waals surface area contributed by atoms with Gasteiger partial charge in [-0.15, -0.1) is 0 Å². The van der Waals surface area contributed by atoms with E-state index in [0.29, 0.717) is 32.2 Å². The van der Waals surface area contributed by atoms with Crippen LogP contribution in [0.2, 0.25) is 0 Å². The van der Waals surface area contributed by atoms with E-state index in [1.807, 2.05) is 18.2 Å². The molecular weight excluding hydrogens is 296 g/mol. The van der Waals surface area contributed by atoms with Gasteiger partial charge in [0.1, 0.15) is 6.04 Å². The van der Waals surface area contributed by atoms with Crippen molar-refractivity contribution < 1.29 is 19.5 Å². The number of hydrogen-bond acceptors (Lipinski definition) is 3. The Hall–Kier alpha value is -2.37. The van der Waals surface area contributed by atoms with E-state index < -0.39 is 12.0 Å². The Balaban J connectivity index is 1.52. The zero-order valence-corrected chi connectivity index (χ0v) is 12.9. The SMILES string of the molecule is O=C1Cc2cc(CCCC(=O)N3CCCC3C(=O)O)ccc2N1. The van der Waals surface area contributed by atoms with Gasteiger partial charge < -0.3 is 15.3 Å². The molecule has 0 spiro atoms. The van der Waals surface area contributed by atoms with E-state index in [4.69, 9.17) is 5.11 Å². The Morgan fingerprint density at radius 1 is 1.35 bits per heavy atom. The van der Waals surface area contributed by atoms with Gasteiger partial charge in [-0.25, -0.2) is 4.79 Å². The number of aryl methyl sites for hydroxylation is 1. The molecule has 1 atom stereocenters. The molecule has 1 saturated heterocycles. The number of carbonyl (C=O) groups is 3. The van der Waals surface area contributed by atoms with Crippen molar-refractivity contribution in [3.63, 3.8) is 0 Å². The smallest absolute Gasteiger partial charge is 0.326 e. The second-order valence-corrected chi connectivity index (χ2v) is 6.15. The Morgan fingerprint density at radius 3 is 2.96 bits per heavy atom. The lowest BCUT2D eigenvalue weighted by molar-refractivity contribution is -0.148. The van der Waals surface area contributed by atoms with Crippen molar-refractivity contribution in [1.82, 2.24) is 4.90 Å². The van der Waals surface area contributed by atoms with E-state index in [9.17, 15) is 14.4 Å². The molecule has 2 aliphatic heterocycles. The number of carboxylic acids is 1. The number of nitrogens with zero attached hydrogens (tertiary/aromatic N) is 1. The van der Waals surface area contributed by atoms with Gasteiger partial charge in [0.05, 0.1) is 6.42 Å². The van der Waals surface area contributed by atoms with Gasteiger partial charge in [0.15, 0.2) is 0 Å². The van der Waals surface area contributed by atoms with Crippen LogP contribution in [0.15, 0.2) is 18.2 Å². The first kappa shape index (κ1) is 15.5. The zero-order valence-electron chi connectivity index (χ0n) is 12.9. The van der Waals surface area contributed by atoms with Gasteiger partial charge in [0, 0.05) is 18.7 Å². The summed E-state index contributed by atoms with van der Waals surface area (Å²) in [7, 11) is 0. The summed E-state index contributed by atoms with van der Waals surface area (Å²) in [6.07, 6.45) is 3.51. The minimum absolute atomic E-state index is 0.0149. The number of likely N-dealkylation sites (tertiary alicyclic amines) is 1. The first-order chi connectivity index (χ1) is 11.0. The van der Waals surface area contributed by atoms with Gasteiger partial charge in [-0.3, -0.25) is 9.59 Å². The highest BCUT2D eigenvalue weighted by atomic mass is 16.4. The maximum Gasteiger partial charge on any atom is 0.326 e. The molecule has 122 valence electrons. The number of carboxylic acid groups (broad SMARTS) is 1. The molecule has 0 aromatic heterocycles. The van der Waals surface area contributed by atoms with Crippen molar-refractivity contribution in [2.24, 2.45) is 0 Å². The van der Waals surface area contributed by atoms with Crippen LogP contribution in [0.5, 0.6) is 0 Å². The molecule has 6 heteroatoms. The quantitative estimate of drug-likeness (QED) is 0.863. The molecule has 1 unspecified atom stereocenters. The molecule has 0 aliphatic carbocycles. The van der Waals surface area contributed by atoms with Crippen LogP contribution >= 0.6 is 0 Å². The zero-order chi connectivity index (χ0) is 16.4. The number of nitrogens with one attached hydrogen (secondary N) is 1. The number of anilines is 1. The van der Waals surface area contributed by atoms with E-state index in [2.05, 4.69) is 5.32 Å². The van der Waals surface area contributed by atoms with Crippen LogP contribution in [0.4, 0.5) is 5.69 Å². The third kappa shape index (κ3) is 3.36. The van der Waals surface area contributed by atoms with Crippen molar-refractivity contribution in [1.29, 1.82) is 0 Å². The van der Waals surface area contributed by atoms with Crippen LogP contribution in [0.1, 0.15) is 36.8 Å². The van der Waals surface area contributed by atoms with Crippen LogP contribution in [0.25, 0.3) is 0 Å². The van der Waals surface area contributed by atoms with Gasteiger partial charge in [-0.1, -0.05) is 12.1 Å². The second-order valence-electron chi connectivity index (χ2n) is 6.15. The summed E-state index contributed by atoms with van der Waals surface area (Å²) in [4.78, 5) is 36.1. The molecule has 2 heterocycles. The highest BCUT2D eigenvalue weighted by Gasteiger charge is 2.33. The third-order valence-corrected chi connectivity index (χ3v) is 4.51. The number of rotatable bonds is 5. The molecule has 0 bridgehead atoms. The van der Waals surface area contributed by atoms with Gasteiger partial charge in [0.25, 0.3) is 0 Å². The summed E-state index contributed by atoms with van der Waals surface area (Å²) in [5.74, 6) is -0.972. The molecule has 1 fully saturated rings. The Labute approximate surface area is 134 Å². The molecule has 0 saturated carbocycles. The molecule has 3 rings (SSSR count). The van der Waals surface area contributed by atoms with Crippen molar-refractivity contribution in [3.8, 4) is 0 Å². The van der Waals surface area contributed by atoms with Crippen LogP contribution in [0, 0.1) is 0 Å². The van der Waals surface area contributed by atoms with E-state index in [-0.39, 0.29) is 11.8 Å². The minimum atomic E-state index is -0.911. The summed E-state index contributed by atoms with van der Waals surface area (Å²) in [6, 6.07) is 5.22. The standard InChI is InChI=1S/C17H20N2O4/c20-15-10-12-9-11(6-7-13(12)18-15)3-1-5-16(21)19-8-2-4-14(19)17(22)23/h6-7,9,14H,1-5,8,10H2,(H,18,20)(H,22,23). The topological polar surface area (TPSA) is 86.7 Å². The lowest BCUT2D eigenvalue weighted by Gasteiger charge is -2.21. The van der Waals surface area contributed by atoms with E-state index in [0.717, 1.165) is 29.7 Å².